The molecule has 0 unspecified atom stereocenters. The molecule has 25 heavy (non-hydrogen) atoms. The fourth-order valence-electron chi connectivity index (χ4n) is 2.76. The Morgan fingerprint density at radius 1 is 0.600 bits per heavy atom. The highest BCUT2D eigenvalue weighted by molar-refractivity contribution is 5.66. The molecular weight excluding hydrogens is 306 g/mol. The second kappa shape index (κ2) is 6.65. The molecule has 0 aliphatic heterocycles. The Kier molecular flexibility index (Phi) is 4.05. The van der Waals surface area contributed by atoms with Gasteiger partial charge in [-0.05, 0) is 24.6 Å². The standard InChI is InChI=1S/C22H17N3/c1-16-14-21(25-22(24-16)18-10-6-3-7-11-18)20-13-12-19(15-23-20)17-8-4-2-5-9-17/h2-15H,1H3. The van der Waals surface area contributed by atoms with E-state index in [4.69, 9.17) is 4.98 Å². The quantitative estimate of drug-likeness (QED) is 0.521. The summed E-state index contributed by atoms with van der Waals surface area (Å²) in [5, 5.41) is 0. The van der Waals surface area contributed by atoms with Crippen LogP contribution in [0, 0.1) is 6.92 Å². The largest absolute Gasteiger partial charge is 0.254 e. The van der Waals surface area contributed by atoms with E-state index < -0.39 is 0 Å². The van der Waals surface area contributed by atoms with Crippen LogP contribution in [-0.4, -0.2) is 15.0 Å². The third kappa shape index (κ3) is 3.31. The molecule has 120 valence electrons. The first-order valence-corrected chi connectivity index (χ1v) is 8.22. The zero-order chi connectivity index (χ0) is 17.1. The van der Waals surface area contributed by atoms with Gasteiger partial charge < -0.3 is 0 Å². The van der Waals surface area contributed by atoms with Gasteiger partial charge in [0.05, 0.1) is 11.4 Å². The first-order chi connectivity index (χ1) is 12.3. The maximum Gasteiger partial charge on any atom is 0.160 e. The summed E-state index contributed by atoms with van der Waals surface area (Å²) >= 11 is 0. The molecule has 0 N–H and O–H groups in total. The minimum absolute atomic E-state index is 0.726. The molecule has 2 aromatic carbocycles. The highest BCUT2D eigenvalue weighted by atomic mass is 14.9. The van der Waals surface area contributed by atoms with Gasteiger partial charge in [-0.1, -0.05) is 66.7 Å². The first-order valence-electron chi connectivity index (χ1n) is 8.22. The van der Waals surface area contributed by atoms with Crippen molar-refractivity contribution in [2.75, 3.05) is 0 Å². The lowest BCUT2D eigenvalue weighted by Gasteiger charge is -2.07. The van der Waals surface area contributed by atoms with Crippen LogP contribution in [0.25, 0.3) is 33.9 Å². The van der Waals surface area contributed by atoms with Crippen molar-refractivity contribution in [1.82, 2.24) is 15.0 Å². The molecule has 3 nitrogen and oxygen atoms in total. The lowest BCUT2D eigenvalue weighted by Crippen LogP contribution is -1.96. The fraction of sp³-hybridized carbons (Fsp3) is 0.0455. The summed E-state index contributed by atoms with van der Waals surface area (Å²) in [6.45, 7) is 1.98. The smallest absolute Gasteiger partial charge is 0.160 e. The molecular formula is C22H17N3. The molecule has 0 atom stereocenters. The number of aromatic nitrogens is 3. The van der Waals surface area contributed by atoms with Gasteiger partial charge >= 0.3 is 0 Å². The second-order valence-corrected chi connectivity index (χ2v) is 5.88. The number of hydrogen-bond donors (Lipinski definition) is 0. The Morgan fingerprint density at radius 3 is 1.92 bits per heavy atom. The third-order valence-electron chi connectivity index (χ3n) is 4.02. The number of hydrogen-bond acceptors (Lipinski definition) is 3. The molecule has 0 spiro atoms. The fourth-order valence-corrected chi connectivity index (χ4v) is 2.76. The normalized spacial score (nSPS) is 10.6. The van der Waals surface area contributed by atoms with Gasteiger partial charge in [-0.2, -0.15) is 0 Å². The van der Waals surface area contributed by atoms with Gasteiger partial charge in [0.1, 0.15) is 0 Å². The van der Waals surface area contributed by atoms with Crippen LogP contribution in [0.4, 0.5) is 0 Å². The van der Waals surface area contributed by atoms with E-state index >= 15 is 0 Å². The van der Waals surface area contributed by atoms with Crippen molar-refractivity contribution >= 4 is 0 Å². The predicted molar refractivity (Wildman–Crippen MR) is 101 cm³/mol. The molecule has 0 fully saturated rings. The van der Waals surface area contributed by atoms with Gasteiger partial charge in [0.25, 0.3) is 0 Å². The average molecular weight is 323 g/mol. The molecule has 0 radical (unpaired) electrons. The van der Waals surface area contributed by atoms with Crippen molar-refractivity contribution in [2.24, 2.45) is 0 Å². The number of pyridine rings is 1. The average Bonchev–Trinajstić information content (AvgIpc) is 2.69. The van der Waals surface area contributed by atoms with Crippen LogP contribution in [0.3, 0.4) is 0 Å². The molecule has 0 saturated carbocycles. The topological polar surface area (TPSA) is 38.7 Å². The summed E-state index contributed by atoms with van der Waals surface area (Å²) in [4.78, 5) is 13.9. The second-order valence-electron chi connectivity index (χ2n) is 5.88. The van der Waals surface area contributed by atoms with Gasteiger partial charge in [-0.3, -0.25) is 4.98 Å². The van der Waals surface area contributed by atoms with Crippen molar-refractivity contribution in [1.29, 1.82) is 0 Å². The molecule has 2 aromatic heterocycles. The molecule has 0 saturated heterocycles. The van der Waals surface area contributed by atoms with Crippen LogP contribution in [0.5, 0.6) is 0 Å². The zero-order valence-electron chi connectivity index (χ0n) is 13.9. The Balaban J connectivity index is 1.71. The molecule has 3 heteroatoms. The molecule has 4 aromatic rings. The lowest BCUT2D eigenvalue weighted by molar-refractivity contribution is 1.10. The summed E-state index contributed by atoms with van der Waals surface area (Å²) in [5.41, 5.74) is 5.88. The summed E-state index contributed by atoms with van der Waals surface area (Å²) in [6, 6.07) is 26.3. The van der Waals surface area contributed by atoms with Gasteiger partial charge in [0.15, 0.2) is 5.82 Å². The summed E-state index contributed by atoms with van der Waals surface area (Å²) in [5.74, 6) is 0.726. The molecule has 0 amide bonds. The van der Waals surface area contributed by atoms with Crippen LogP contribution >= 0.6 is 0 Å². The SMILES string of the molecule is Cc1cc(-c2ccc(-c3ccccc3)cn2)nc(-c2ccccc2)n1. The van der Waals surface area contributed by atoms with Crippen LogP contribution in [0.2, 0.25) is 0 Å². The van der Waals surface area contributed by atoms with E-state index in [1.807, 2.05) is 73.8 Å². The molecule has 0 aliphatic carbocycles. The van der Waals surface area contributed by atoms with Crippen molar-refractivity contribution in [3.63, 3.8) is 0 Å². The van der Waals surface area contributed by atoms with Crippen LogP contribution in [-0.2, 0) is 0 Å². The minimum atomic E-state index is 0.726. The molecule has 0 aliphatic rings. The van der Waals surface area contributed by atoms with E-state index in [0.717, 1.165) is 39.6 Å². The minimum Gasteiger partial charge on any atom is -0.254 e. The maximum atomic E-state index is 4.70. The van der Waals surface area contributed by atoms with E-state index in [2.05, 4.69) is 28.2 Å². The summed E-state index contributed by atoms with van der Waals surface area (Å²) in [7, 11) is 0. The number of aryl methyl sites for hydroxylation is 1. The maximum absolute atomic E-state index is 4.70. The van der Waals surface area contributed by atoms with Crippen molar-refractivity contribution in [3.05, 3.63) is 90.8 Å². The summed E-state index contributed by atoms with van der Waals surface area (Å²) < 4.78 is 0. The highest BCUT2D eigenvalue weighted by Gasteiger charge is 2.08. The van der Waals surface area contributed by atoms with E-state index in [-0.39, 0.29) is 0 Å². The van der Waals surface area contributed by atoms with Crippen LogP contribution < -0.4 is 0 Å². The van der Waals surface area contributed by atoms with Gasteiger partial charge in [0, 0.05) is 23.0 Å². The number of rotatable bonds is 3. The van der Waals surface area contributed by atoms with Gasteiger partial charge in [-0.25, -0.2) is 9.97 Å². The number of benzene rings is 2. The number of nitrogens with zero attached hydrogens (tertiary/aromatic N) is 3. The van der Waals surface area contributed by atoms with E-state index in [1.165, 1.54) is 0 Å². The zero-order valence-corrected chi connectivity index (χ0v) is 13.9. The third-order valence-corrected chi connectivity index (χ3v) is 4.02. The van der Waals surface area contributed by atoms with Crippen LogP contribution in [0.1, 0.15) is 5.69 Å². The van der Waals surface area contributed by atoms with Gasteiger partial charge in [0.2, 0.25) is 0 Å². The lowest BCUT2D eigenvalue weighted by atomic mass is 10.1. The van der Waals surface area contributed by atoms with E-state index in [0.29, 0.717) is 0 Å². The van der Waals surface area contributed by atoms with Gasteiger partial charge in [-0.15, -0.1) is 0 Å². The monoisotopic (exact) mass is 323 g/mol. The van der Waals surface area contributed by atoms with Crippen molar-refractivity contribution in [2.45, 2.75) is 6.92 Å². The van der Waals surface area contributed by atoms with Crippen molar-refractivity contribution < 1.29 is 0 Å². The van der Waals surface area contributed by atoms with Crippen LogP contribution in [0.15, 0.2) is 85.1 Å². The Morgan fingerprint density at radius 2 is 1.28 bits per heavy atom. The summed E-state index contributed by atoms with van der Waals surface area (Å²) in [6.07, 6.45) is 1.89. The Hall–Kier alpha value is -3.33. The Labute approximate surface area is 147 Å². The van der Waals surface area contributed by atoms with E-state index in [9.17, 15) is 0 Å². The molecule has 2 heterocycles. The molecule has 4 rings (SSSR count). The first kappa shape index (κ1) is 15.2. The van der Waals surface area contributed by atoms with E-state index in [1.54, 1.807) is 0 Å². The molecule has 0 bridgehead atoms. The Bertz CT molecular complexity index is 979. The van der Waals surface area contributed by atoms with Crippen molar-refractivity contribution in [3.8, 4) is 33.9 Å². The predicted octanol–water partition coefficient (Wildman–Crippen LogP) is 5.18. The highest BCUT2D eigenvalue weighted by Crippen LogP contribution is 2.23.